The Hall–Kier alpha value is -0.590. The fraction of sp³-hybridized carbons (Fsp3) is 0.920. The van der Waals surface area contributed by atoms with E-state index in [0.29, 0.717) is 12.5 Å². The largest absolute Gasteiger partial charge is 0.345 e. The smallest absolute Gasteiger partial charge is 0.220 e. The van der Waals surface area contributed by atoms with E-state index in [1.54, 1.807) is 18.7 Å². The zero-order chi connectivity index (χ0) is 23.5. The number of nitrogens with two attached hydrogens (primary N) is 1. The van der Waals surface area contributed by atoms with Crippen LogP contribution in [0.1, 0.15) is 112 Å². The van der Waals surface area contributed by atoms with Crippen LogP contribution in [0.25, 0.3) is 0 Å². The van der Waals surface area contributed by atoms with E-state index >= 15 is 0 Å². The lowest BCUT2D eigenvalue weighted by molar-refractivity contribution is -0.127. The molecule has 5 nitrogen and oxygen atoms in total. The zero-order valence-corrected chi connectivity index (χ0v) is 21.9. The second kappa shape index (κ2) is 18.9. The molecule has 0 saturated carbocycles. The molecule has 0 aromatic carbocycles. The van der Waals surface area contributed by atoms with Crippen LogP contribution in [-0.4, -0.2) is 47.4 Å². The summed E-state index contributed by atoms with van der Waals surface area (Å²) >= 11 is 1.79. The Morgan fingerprint density at radius 1 is 0.871 bits per heavy atom. The zero-order valence-electron chi connectivity index (χ0n) is 21.1. The minimum Gasteiger partial charge on any atom is -0.345 e. The minimum atomic E-state index is -0.423. The number of hydrogen-bond donors (Lipinski definition) is 3. The van der Waals surface area contributed by atoms with Gasteiger partial charge in [-0.2, -0.15) is 11.8 Å². The van der Waals surface area contributed by atoms with Gasteiger partial charge in [-0.1, -0.05) is 58.8 Å². The second-order valence-corrected chi connectivity index (χ2v) is 11.3. The summed E-state index contributed by atoms with van der Waals surface area (Å²) in [6.07, 6.45) is 13.3. The summed E-state index contributed by atoms with van der Waals surface area (Å²) in [7, 11) is 0. The van der Waals surface area contributed by atoms with Gasteiger partial charge in [0.15, 0.2) is 5.78 Å². The highest BCUT2D eigenvalue weighted by Gasteiger charge is 2.34. The number of thioether (sulfide) groups is 1. The molecule has 0 fully saturated rings. The van der Waals surface area contributed by atoms with Gasteiger partial charge in [0.05, 0.1) is 0 Å². The van der Waals surface area contributed by atoms with E-state index in [1.807, 2.05) is 0 Å². The molecule has 0 heterocycles. The molecule has 0 aromatic rings. The molecule has 0 rings (SSSR count). The fourth-order valence-corrected chi connectivity index (χ4v) is 4.97. The summed E-state index contributed by atoms with van der Waals surface area (Å²) in [5, 5.41) is 6.47. The molecule has 0 saturated heterocycles. The average Bonchev–Trinajstić information content (AvgIpc) is 2.69. The van der Waals surface area contributed by atoms with Crippen LogP contribution in [0.2, 0.25) is 0 Å². The lowest BCUT2D eigenvalue weighted by atomic mass is 9.99. The predicted molar refractivity (Wildman–Crippen MR) is 137 cm³/mol. The Bertz CT molecular complexity index is 470. The lowest BCUT2D eigenvalue weighted by Crippen LogP contribution is -2.51. The van der Waals surface area contributed by atoms with Crippen molar-refractivity contribution in [3.63, 3.8) is 0 Å². The van der Waals surface area contributed by atoms with Crippen LogP contribution in [-0.2, 0) is 9.59 Å². The van der Waals surface area contributed by atoms with Gasteiger partial charge >= 0.3 is 0 Å². The van der Waals surface area contributed by atoms with Crippen molar-refractivity contribution >= 4 is 23.5 Å². The molecule has 0 bridgehead atoms. The molecule has 0 aliphatic heterocycles. The first-order valence-electron chi connectivity index (χ1n) is 12.6. The van der Waals surface area contributed by atoms with E-state index < -0.39 is 6.04 Å². The number of amides is 1. The highest BCUT2D eigenvalue weighted by molar-refractivity contribution is 8.00. The van der Waals surface area contributed by atoms with Crippen molar-refractivity contribution < 1.29 is 9.59 Å². The number of carbonyl (C=O) groups excluding carboxylic acids is 2. The maximum Gasteiger partial charge on any atom is 0.220 e. The van der Waals surface area contributed by atoms with Gasteiger partial charge in [0.2, 0.25) is 5.91 Å². The third-order valence-corrected chi connectivity index (χ3v) is 7.09. The number of rotatable bonds is 21. The molecule has 0 spiro atoms. The summed E-state index contributed by atoms with van der Waals surface area (Å²) in [5.41, 5.74) is 5.54. The monoisotopic (exact) mass is 457 g/mol. The van der Waals surface area contributed by atoms with Crippen molar-refractivity contribution in [3.05, 3.63) is 0 Å². The van der Waals surface area contributed by atoms with Gasteiger partial charge in [-0.25, -0.2) is 0 Å². The van der Waals surface area contributed by atoms with Crippen molar-refractivity contribution in [2.75, 3.05) is 18.8 Å². The minimum absolute atomic E-state index is 0.0107. The van der Waals surface area contributed by atoms with E-state index in [0.717, 1.165) is 44.5 Å². The standard InChI is InChI=1S/C25H51N3O2S/c1-21(2)27-19-15-11-8-6-7-9-13-17-23(30)28-24(22(3)29)25(4,5)31-20-16-12-10-14-18-26/h21,24,27H,6-20,26H2,1-5H3,(H,28,30)/t24-/m1/s1. The molecule has 0 aliphatic rings. The van der Waals surface area contributed by atoms with Crippen molar-refractivity contribution in [3.8, 4) is 0 Å². The lowest BCUT2D eigenvalue weighted by Gasteiger charge is -2.33. The van der Waals surface area contributed by atoms with Crippen LogP contribution in [0.15, 0.2) is 0 Å². The molecule has 0 aromatic heterocycles. The van der Waals surface area contributed by atoms with E-state index in [9.17, 15) is 9.59 Å². The molecule has 1 atom stereocenters. The Morgan fingerprint density at radius 2 is 1.42 bits per heavy atom. The molecule has 1 amide bonds. The number of nitrogens with one attached hydrogen (secondary N) is 2. The van der Waals surface area contributed by atoms with Crippen molar-refractivity contribution in [1.29, 1.82) is 0 Å². The Labute approximate surface area is 196 Å². The van der Waals surface area contributed by atoms with Crippen LogP contribution in [0, 0.1) is 0 Å². The van der Waals surface area contributed by atoms with E-state index in [1.165, 1.54) is 44.9 Å². The summed E-state index contributed by atoms with van der Waals surface area (Å²) in [6.45, 7) is 12.0. The fourth-order valence-electron chi connectivity index (χ4n) is 3.70. The summed E-state index contributed by atoms with van der Waals surface area (Å²) in [6, 6.07) is 0.151. The van der Waals surface area contributed by atoms with Gasteiger partial charge in [0.25, 0.3) is 0 Å². The Balaban J connectivity index is 3.99. The average molecular weight is 458 g/mol. The first kappa shape index (κ1) is 30.4. The van der Waals surface area contributed by atoms with Crippen LogP contribution in [0.3, 0.4) is 0 Å². The van der Waals surface area contributed by atoms with Crippen LogP contribution < -0.4 is 16.4 Å². The maximum absolute atomic E-state index is 12.4. The van der Waals surface area contributed by atoms with E-state index in [2.05, 4.69) is 38.3 Å². The summed E-state index contributed by atoms with van der Waals surface area (Å²) in [4.78, 5) is 24.6. The first-order chi connectivity index (χ1) is 14.7. The second-order valence-electron chi connectivity index (χ2n) is 9.60. The van der Waals surface area contributed by atoms with E-state index in [4.69, 9.17) is 5.73 Å². The van der Waals surface area contributed by atoms with Crippen LogP contribution in [0.5, 0.6) is 0 Å². The topological polar surface area (TPSA) is 84.2 Å². The molecule has 0 aliphatic carbocycles. The number of unbranched alkanes of at least 4 members (excludes halogenated alkanes) is 9. The molecular formula is C25H51N3O2S. The maximum atomic E-state index is 12.4. The van der Waals surface area contributed by atoms with Gasteiger partial charge in [-0.05, 0) is 65.3 Å². The summed E-state index contributed by atoms with van der Waals surface area (Å²) in [5.74, 6) is 1.06. The highest BCUT2D eigenvalue weighted by atomic mass is 32.2. The van der Waals surface area contributed by atoms with Crippen LogP contribution >= 0.6 is 11.8 Å². The number of carbonyl (C=O) groups is 2. The normalized spacial score (nSPS) is 12.9. The third kappa shape index (κ3) is 17.6. The van der Waals surface area contributed by atoms with Gasteiger partial charge in [0, 0.05) is 17.2 Å². The number of Topliss-reactive ketones (excluding diaryl/α,β-unsaturated/α-hetero) is 1. The van der Waals surface area contributed by atoms with Gasteiger partial charge in [0.1, 0.15) is 6.04 Å². The van der Waals surface area contributed by atoms with Crippen molar-refractivity contribution in [2.45, 2.75) is 128 Å². The molecule has 184 valence electrons. The van der Waals surface area contributed by atoms with Gasteiger partial charge in [-0.3, -0.25) is 9.59 Å². The first-order valence-corrected chi connectivity index (χ1v) is 13.6. The Morgan fingerprint density at radius 3 is 2.00 bits per heavy atom. The molecule has 0 unspecified atom stereocenters. The summed E-state index contributed by atoms with van der Waals surface area (Å²) < 4.78 is -0.292. The molecule has 4 N–H and O–H groups in total. The number of ketones is 1. The molecule has 0 radical (unpaired) electrons. The van der Waals surface area contributed by atoms with Crippen molar-refractivity contribution in [2.24, 2.45) is 5.73 Å². The quantitative estimate of drug-likeness (QED) is 0.206. The van der Waals surface area contributed by atoms with Crippen LogP contribution in [0.4, 0.5) is 0 Å². The molecule has 6 heteroatoms. The van der Waals surface area contributed by atoms with Gasteiger partial charge in [-0.15, -0.1) is 0 Å². The molecular weight excluding hydrogens is 406 g/mol. The van der Waals surface area contributed by atoms with Crippen molar-refractivity contribution in [1.82, 2.24) is 10.6 Å². The SMILES string of the molecule is CC(=O)[C@@H](NC(=O)CCCCCCCCCNC(C)C)C(C)(C)SCCCCCCN. The number of hydrogen-bond acceptors (Lipinski definition) is 5. The van der Waals surface area contributed by atoms with E-state index in [-0.39, 0.29) is 16.4 Å². The molecule has 31 heavy (non-hydrogen) atoms. The highest BCUT2D eigenvalue weighted by Crippen LogP contribution is 2.30. The Kier molecular flexibility index (Phi) is 18.6. The third-order valence-electron chi connectivity index (χ3n) is 5.61. The van der Waals surface area contributed by atoms with Gasteiger partial charge < -0.3 is 16.4 Å². The predicted octanol–water partition coefficient (Wildman–Crippen LogP) is 5.21.